The maximum Gasteiger partial charge on any atom is 0.251 e. The maximum absolute atomic E-state index is 6.18. The Morgan fingerprint density at radius 2 is 1.96 bits per heavy atom. The summed E-state index contributed by atoms with van der Waals surface area (Å²) < 4.78 is 35.7. The Morgan fingerprint density at radius 1 is 1.17 bits per heavy atom. The van der Waals surface area contributed by atoms with Crippen molar-refractivity contribution in [1.29, 1.82) is 0 Å². The lowest BCUT2D eigenvalue weighted by atomic mass is 9.92. The van der Waals surface area contributed by atoms with Gasteiger partial charge in [0.1, 0.15) is 18.3 Å². The Hall–Kier alpha value is -1.02. The summed E-state index contributed by atoms with van der Waals surface area (Å²) in [5, 5.41) is 0. The molecule has 126 valence electrons. The van der Waals surface area contributed by atoms with Crippen LogP contribution in [-0.4, -0.2) is 49.9 Å². The van der Waals surface area contributed by atoms with Crippen molar-refractivity contribution >= 4 is 0 Å². The monoisotopic (exact) mass is 322 g/mol. The molecule has 0 amide bonds. The standard InChI is InChI=1S/C17H22O6/c1-16(2)22-13-12-10-20-17(14(13)23-16,15(18-3)21-12)19-9-11-7-5-4-6-8-11/h4-8,12-15H,9-10H2,1-3H3/t12-,13-,14-,15-,17+/m1/s1. The summed E-state index contributed by atoms with van der Waals surface area (Å²) in [6.45, 7) is 4.55. The van der Waals surface area contributed by atoms with Gasteiger partial charge < -0.3 is 28.4 Å². The van der Waals surface area contributed by atoms with Crippen LogP contribution in [0.1, 0.15) is 19.4 Å². The number of ether oxygens (including phenoxy) is 6. The number of hydrogen-bond acceptors (Lipinski definition) is 6. The van der Waals surface area contributed by atoms with E-state index in [0.29, 0.717) is 13.2 Å². The lowest BCUT2D eigenvalue weighted by Gasteiger charge is -2.53. The van der Waals surface area contributed by atoms with Gasteiger partial charge in [0, 0.05) is 7.11 Å². The van der Waals surface area contributed by atoms with Crippen molar-refractivity contribution in [3.63, 3.8) is 0 Å². The average molecular weight is 322 g/mol. The predicted octanol–water partition coefficient (Wildman–Crippen LogP) is 1.82. The molecule has 1 aromatic carbocycles. The van der Waals surface area contributed by atoms with E-state index in [0.717, 1.165) is 5.56 Å². The highest BCUT2D eigenvalue weighted by Crippen LogP contribution is 2.48. The van der Waals surface area contributed by atoms with E-state index in [4.69, 9.17) is 28.4 Å². The van der Waals surface area contributed by atoms with Gasteiger partial charge in [0.2, 0.25) is 6.29 Å². The van der Waals surface area contributed by atoms with E-state index in [1.807, 2.05) is 44.2 Å². The van der Waals surface area contributed by atoms with E-state index >= 15 is 0 Å². The van der Waals surface area contributed by atoms with Gasteiger partial charge in [-0.25, -0.2) is 0 Å². The van der Waals surface area contributed by atoms with Gasteiger partial charge >= 0.3 is 0 Å². The summed E-state index contributed by atoms with van der Waals surface area (Å²) in [5.41, 5.74) is 1.04. The molecular weight excluding hydrogens is 300 g/mol. The summed E-state index contributed by atoms with van der Waals surface area (Å²) in [6.07, 6.45) is -1.47. The average Bonchev–Trinajstić information content (AvgIpc) is 2.91. The number of methoxy groups -OCH3 is 1. The maximum atomic E-state index is 6.18. The third kappa shape index (κ3) is 2.50. The van der Waals surface area contributed by atoms with Crippen LogP contribution in [0, 0.1) is 0 Å². The first-order valence-corrected chi connectivity index (χ1v) is 7.90. The van der Waals surface area contributed by atoms with Crippen molar-refractivity contribution in [2.75, 3.05) is 13.7 Å². The lowest BCUT2D eigenvalue weighted by Crippen LogP contribution is -2.73. The van der Waals surface area contributed by atoms with Gasteiger partial charge in [0.15, 0.2) is 5.79 Å². The molecule has 4 aliphatic heterocycles. The third-order valence-corrected chi connectivity index (χ3v) is 4.51. The van der Waals surface area contributed by atoms with Crippen LogP contribution in [0.25, 0.3) is 0 Å². The topological polar surface area (TPSA) is 55.4 Å². The Kier molecular flexibility index (Phi) is 3.72. The summed E-state index contributed by atoms with van der Waals surface area (Å²) in [5.74, 6) is -1.83. The SMILES string of the molecule is CO[C@@H]1O[C@@H]2CO[C@@]1(OCc1ccccc1)[C@@H]1OC(C)(C)O[C@@H]12. The van der Waals surface area contributed by atoms with Gasteiger partial charge in [-0.15, -0.1) is 0 Å². The van der Waals surface area contributed by atoms with Crippen LogP contribution in [-0.2, 0) is 35.0 Å². The molecule has 0 aliphatic carbocycles. The highest BCUT2D eigenvalue weighted by Gasteiger charge is 2.69. The molecule has 2 bridgehead atoms. The quantitative estimate of drug-likeness (QED) is 0.843. The van der Waals surface area contributed by atoms with Crippen molar-refractivity contribution in [2.24, 2.45) is 0 Å². The second kappa shape index (κ2) is 5.51. The molecule has 4 saturated heterocycles. The van der Waals surface area contributed by atoms with E-state index < -0.39 is 24.0 Å². The first-order chi connectivity index (χ1) is 11.0. The minimum atomic E-state index is -1.13. The predicted molar refractivity (Wildman–Crippen MR) is 79.4 cm³/mol. The van der Waals surface area contributed by atoms with Crippen LogP contribution in [0.5, 0.6) is 0 Å². The fourth-order valence-electron chi connectivity index (χ4n) is 3.52. The zero-order valence-corrected chi connectivity index (χ0v) is 13.6. The summed E-state index contributed by atoms with van der Waals surface area (Å²) in [6, 6.07) is 9.92. The Morgan fingerprint density at radius 3 is 2.70 bits per heavy atom. The molecule has 4 heterocycles. The van der Waals surface area contributed by atoms with E-state index in [1.54, 1.807) is 7.11 Å². The zero-order valence-electron chi connectivity index (χ0n) is 13.6. The first kappa shape index (κ1) is 15.5. The smallest absolute Gasteiger partial charge is 0.251 e. The summed E-state index contributed by atoms with van der Waals surface area (Å²) in [4.78, 5) is 0. The van der Waals surface area contributed by atoms with Gasteiger partial charge in [-0.3, -0.25) is 0 Å². The van der Waals surface area contributed by atoms with Crippen LogP contribution >= 0.6 is 0 Å². The second-order valence-electron chi connectivity index (χ2n) is 6.57. The highest BCUT2D eigenvalue weighted by molar-refractivity contribution is 5.14. The fourth-order valence-corrected chi connectivity index (χ4v) is 3.52. The molecule has 5 rings (SSSR count). The minimum absolute atomic E-state index is 0.214. The van der Waals surface area contributed by atoms with Crippen molar-refractivity contribution in [2.45, 2.75) is 56.6 Å². The van der Waals surface area contributed by atoms with Crippen LogP contribution in [0.2, 0.25) is 0 Å². The molecule has 0 spiro atoms. The summed E-state index contributed by atoms with van der Waals surface area (Å²) in [7, 11) is 1.58. The molecular formula is C17H22O6. The number of rotatable bonds is 4. The van der Waals surface area contributed by atoms with E-state index in [-0.39, 0.29) is 12.2 Å². The third-order valence-electron chi connectivity index (χ3n) is 4.51. The van der Waals surface area contributed by atoms with Crippen LogP contribution < -0.4 is 0 Å². The Balaban J connectivity index is 1.61. The molecule has 23 heavy (non-hydrogen) atoms. The van der Waals surface area contributed by atoms with Crippen LogP contribution in [0.15, 0.2) is 30.3 Å². The van der Waals surface area contributed by atoms with Crippen molar-refractivity contribution in [1.82, 2.24) is 0 Å². The van der Waals surface area contributed by atoms with E-state index in [2.05, 4.69) is 0 Å². The van der Waals surface area contributed by atoms with E-state index in [1.165, 1.54) is 0 Å². The van der Waals surface area contributed by atoms with Gasteiger partial charge in [0.25, 0.3) is 5.79 Å². The molecule has 1 aromatic rings. The number of benzene rings is 1. The highest BCUT2D eigenvalue weighted by atomic mass is 16.8. The molecule has 0 N–H and O–H groups in total. The second-order valence-corrected chi connectivity index (χ2v) is 6.57. The number of fused-ring (bicyclic) bond motifs is 2. The van der Waals surface area contributed by atoms with Crippen molar-refractivity contribution in [3.8, 4) is 0 Å². The van der Waals surface area contributed by atoms with Gasteiger partial charge in [-0.05, 0) is 19.4 Å². The molecule has 0 aromatic heterocycles. The fraction of sp³-hybridized carbons (Fsp3) is 0.647. The largest absolute Gasteiger partial charge is 0.351 e. The molecule has 4 aliphatic rings. The van der Waals surface area contributed by atoms with Crippen LogP contribution in [0.4, 0.5) is 0 Å². The molecule has 4 fully saturated rings. The molecule has 0 radical (unpaired) electrons. The molecule has 0 unspecified atom stereocenters. The Bertz CT molecular complexity index is 561. The van der Waals surface area contributed by atoms with Gasteiger partial charge in [0.05, 0.1) is 13.2 Å². The van der Waals surface area contributed by atoms with Gasteiger partial charge in [-0.1, -0.05) is 30.3 Å². The molecule has 6 nitrogen and oxygen atoms in total. The number of hydrogen-bond donors (Lipinski definition) is 0. The van der Waals surface area contributed by atoms with Gasteiger partial charge in [-0.2, -0.15) is 0 Å². The minimum Gasteiger partial charge on any atom is -0.351 e. The molecule has 5 atom stereocenters. The van der Waals surface area contributed by atoms with Crippen molar-refractivity contribution < 1.29 is 28.4 Å². The first-order valence-electron chi connectivity index (χ1n) is 7.90. The van der Waals surface area contributed by atoms with Crippen molar-refractivity contribution in [3.05, 3.63) is 35.9 Å². The lowest BCUT2D eigenvalue weighted by molar-refractivity contribution is -0.454. The normalized spacial score (nSPS) is 41.0. The van der Waals surface area contributed by atoms with E-state index in [9.17, 15) is 0 Å². The Labute approximate surface area is 135 Å². The molecule has 0 saturated carbocycles. The van der Waals surface area contributed by atoms with Crippen LogP contribution in [0.3, 0.4) is 0 Å². The zero-order chi connectivity index (χ0) is 16.1. The molecule has 6 heteroatoms. The summed E-state index contributed by atoms with van der Waals surface area (Å²) >= 11 is 0.